The SMILES string of the molecule is CCN(C(=O)c1ccc(C)cc1)c1ccc(F)c(F)c1. The molecule has 0 heterocycles. The fourth-order valence-corrected chi connectivity index (χ4v) is 1.95. The van der Waals surface area contributed by atoms with Gasteiger partial charge in [-0.2, -0.15) is 0 Å². The minimum Gasteiger partial charge on any atom is -0.309 e. The molecule has 0 fully saturated rings. The van der Waals surface area contributed by atoms with Crippen LogP contribution in [-0.4, -0.2) is 12.5 Å². The summed E-state index contributed by atoms with van der Waals surface area (Å²) in [6, 6.07) is 10.6. The van der Waals surface area contributed by atoms with Gasteiger partial charge in [0.2, 0.25) is 0 Å². The molecule has 0 aliphatic rings. The number of aryl methyl sites for hydroxylation is 1. The maximum atomic E-state index is 13.3. The molecule has 0 saturated carbocycles. The number of nitrogens with zero attached hydrogens (tertiary/aromatic N) is 1. The summed E-state index contributed by atoms with van der Waals surface area (Å²) < 4.78 is 26.2. The minimum atomic E-state index is -0.961. The third-order valence-corrected chi connectivity index (χ3v) is 3.07. The number of amides is 1. The molecule has 2 rings (SSSR count). The first-order valence-corrected chi connectivity index (χ1v) is 6.36. The van der Waals surface area contributed by atoms with Gasteiger partial charge >= 0.3 is 0 Å². The molecule has 20 heavy (non-hydrogen) atoms. The third-order valence-electron chi connectivity index (χ3n) is 3.07. The molecule has 2 nitrogen and oxygen atoms in total. The van der Waals surface area contributed by atoms with Crippen molar-refractivity contribution >= 4 is 11.6 Å². The molecule has 0 radical (unpaired) electrons. The predicted octanol–water partition coefficient (Wildman–Crippen LogP) is 3.94. The molecule has 0 N–H and O–H groups in total. The standard InChI is InChI=1S/C16H15F2NO/c1-3-19(13-8-9-14(17)15(18)10-13)16(20)12-6-4-11(2)5-7-12/h4-10H,3H2,1-2H3. The first kappa shape index (κ1) is 14.2. The zero-order chi connectivity index (χ0) is 14.7. The van der Waals surface area contributed by atoms with Crippen LogP contribution in [0, 0.1) is 18.6 Å². The van der Waals surface area contributed by atoms with Gasteiger partial charge in [-0.15, -0.1) is 0 Å². The van der Waals surface area contributed by atoms with E-state index in [4.69, 9.17) is 0 Å². The highest BCUT2D eigenvalue weighted by molar-refractivity contribution is 6.06. The largest absolute Gasteiger partial charge is 0.309 e. The predicted molar refractivity (Wildman–Crippen MR) is 74.9 cm³/mol. The molecular weight excluding hydrogens is 260 g/mol. The number of carbonyl (C=O) groups is 1. The van der Waals surface area contributed by atoms with Crippen molar-refractivity contribution in [1.82, 2.24) is 0 Å². The van der Waals surface area contributed by atoms with Crippen molar-refractivity contribution < 1.29 is 13.6 Å². The molecule has 0 spiro atoms. The molecule has 0 bridgehead atoms. The summed E-state index contributed by atoms with van der Waals surface area (Å²) >= 11 is 0. The Kier molecular flexibility index (Phi) is 4.13. The zero-order valence-electron chi connectivity index (χ0n) is 11.4. The van der Waals surface area contributed by atoms with Gasteiger partial charge in [-0.05, 0) is 38.1 Å². The summed E-state index contributed by atoms with van der Waals surface area (Å²) in [7, 11) is 0. The second-order valence-electron chi connectivity index (χ2n) is 4.51. The Morgan fingerprint density at radius 3 is 2.25 bits per heavy atom. The number of hydrogen-bond acceptors (Lipinski definition) is 1. The summed E-state index contributed by atoms with van der Waals surface area (Å²) in [5, 5.41) is 0. The Labute approximate surface area is 116 Å². The van der Waals surface area contributed by atoms with Gasteiger partial charge in [-0.1, -0.05) is 17.7 Å². The van der Waals surface area contributed by atoms with Crippen molar-refractivity contribution in [3.05, 3.63) is 65.2 Å². The maximum Gasteiger partial charge on any atom is 0.258 e. The van der Waals surface area contributed by atoms with E-state index in [0.717, 1.165) is 17.7 Å². The van der Waals surface area contributed by atoms with Gasteiger partial charge in [0.25, 0.3) is 5.91 Å². The summed E-state index contributed by atoms with van der Waals surface area (Å²) in [5.41, 5.74) is 1.91. The smallest absolute Gasteiger partial charge is 0.258 e. The Morgan fingerprint density at radius 1 is 1.05 bits per heavy atom. The lowest BCUT2D eigenvalue weighted by molar-refractivity contribution is 0.0988. The van der Waals surface area contributed by atoms with E-state index in [0.29, 0.717) is 17.8 Å². The Morgan fingerprint density at radius 2 is 1.70 bits per heavy atom. The molecule has 1 amide bonds. The Balaban J connectivity index is 2.33. The van der Waals surface area contributed by atoms with Crippen LogP contribution in [0.4, 0.5) is 14.5 Å². The van der Waals surface area contributed by atoms with Crippen LogP contribution in [0.5, 0.6) is 0 Å². The highest BCUT2D eigenvalue weighted by atomic mass is 19.2. The van der Waals surface area contributed by atoms with Gasteiger partial charge in [0.15, 0.2) is 11.6 Å². The molecule has 0 aliphatic heterocycles. The highest BCUT2D eigenvalue weighted by Crippen LogP contribution is 2.20. The van der Waals surface area contributed by atoms with Crippen LogP contribution in [0.1, 0.15) is 22.8 Å². The van der Waals surface area contributed by atoms with E-state index in [-0.39, 0.29) is 5.91 Å². The fourth-order valence-electron chi connectivity index (χ4n) is 1.95. The third kappa shape index (κ3) is 2.85. The van der Waals surface area contributed by atoms with Crippen molar-refractivity contribution in [2.24, 2.45) is 0 Å². The van der Waals surface area contributed by atoms with Gasteiger partial charge in [-0.25, -0.2) is 8.78 Å². The summed E-state index contributed by atoms with van der Waals surface area (Å²) in [4.78, 5) is 13.8. The number of carbonyl (C=O) groups excluding carboxylic acids is 1. The average Bonchev–Trinajstić information content (AvgIpc) is 2.44. The lowest BCUT2D eigenvalue weighted by Crippen LogP contribution is -2.30. The number of anilines is 1. The van der Waals surface area contributed by atoms with Gasteiger partial charge < -0.3 is 4.90 Å². The molecule has 104 valence electrons. The Hall–Kier alpha value is -2.23. The maximum absolute atomic E-state index is 13.3. The minimum absolute atomic E-state index is 0.237. The van der Waals surface area contributed by atoms with E-state index >= 15 is 0 Å². The van der Waals surface area contributed by atoms with Crippen molar-refractivity contribution in [1.29, 1.82) is 0 Å². The van der Waals surface area contributed by atoms with Crippen LogP contribution in [-0.2, 0) is 0 Å². The zero-order valence-corrected chi connectivity index (χ0v) is 11.4. The second kappa shape index (κ2) is 5.82. The monoisotopic (exact) mass is 275 g/mol. The van der Waals surface area contributed by atoms with E-state index in [2.05, 4.69) is 0 Å². The summed E-state index contributed by atoms with van der Waals surface area (Å²) in [6.07, 6.45) is 0. The van der Waals surface area contributed by atoms with Crippen molar-refractivity contribution in [2.45, 2.75) is 13.8 Å². The van der Waals surface area contributed by atoms with Gasteiger partial charge in [0, 0.05) is 23.9 Å². The molecule has 0 aromatic heterocycles. The van der Waals surface area contributed by atoms with Crippen LogP contribution < -0.4 is 4.90 Å². The number of halogens is 2. The van der Waals surface area contributed by atoms with E-state index < -0.39 is 11.6 Å². The molecule has 2 aromatic rings. The van der Waals surface area contributed by atoms with E-state index in [9.17, 15) is 13.6 Å². The van der Waals surface area contributed by atoms with Crippen molar-refractivity contribution in [3.63, 3.8) is 0 Å². The van der Waals surface area contributed by atoms with E-state index in [1.807, 2.05) is 19.1 Å². The normalized spacial score (nSPS) is 10.4. The molecular formula is C16H15F2NO. The second-order valence-corrected chi connectivity index (χ2v) is 4.51. The molecule has 0 atom stereocenters. The number of benzene rings is 2. The Bertz CT molecular complexity index is 623. The van der Waals surface area contributed by atoms with Crippen LogP contribution >= 0.6 is 0 Å². The van der Waals surface area contributed by atoms with Crippen molar-refractivity contribution in [3.8, 4) is 0 Å². The van der Waals surface area contributed by atoms with Gasteiger partial charge in [-0.3, -0.25) is 4.79 Å². The summed E-state index contributed by atoms with van der Waals surface area (Å²) in [6.45, 7) is 4.09. The van der Waals surface area contributed by atoms with E-state index in [1.54, 1.807) is 19.1 Å². The lowest BCUT2D eigenvalue weighted by atomic mass is 10.1. The van der Waals surface area contributed by atoms with Crippen LogP contribution in [0.25, 0.3) is 0 Å². The first-order valence-electron chi connectivity index (χ1n) is 6.36. The van der Waals surface area contributed by atoms with Gasteiger partial charge in [0.1, 0.15) is 0 Å². The van der Waals surface area contributed by atoms with Crippen LogP contribution in [0.15, 0.2) is 42.5 Å². The van der Waals surface area contributed by atoms with Crippen LogP contribution in [0.3, 0.4) is 0 Å². The number of rotatable bonds is 3. The first-order chi connectivity index (χ1) is 9.52. The molecule has 2 aromatic carbocycles. The topological polar surface area (TPSA) is 20.3 Å². The number of hydrogen-bond donors (Lipinski definition) is 0. The van der Waals surface area contributed by atoms with E-state index in [1.165, 1.54) is 11.0 Å². The average molecular weight is 275 g/mol. The van der Waals surface area contributed by atoms with Crippen molar-refractivity contribution in [2.75, 3.05) is 11.4 Å². The van der Waals surface area contributed by atoms with Crippen LogP contribution in [0.2, 0.25) is 0 Å². The van der Waals surface area contributed by atoms with Gasteiger partial charge in [0.05, 0.1) is 0 Å². The quantitative estimate of drug-likeness (QED) is 0.830. The molecule has 0 unspecified atom stereocenters. The fraction of sp³-hybridized carbons (Fsp3) is 0.188. The molecule has 0 saturated heterocycles. The highest BCUT2D eigenvalue weighted by Gasteiger charge is 2.17. The summed E-state index contributed by atoms with van der Waals surface area (Å²) in [5.74, 6) is -2.12. The lowest BCUT2D eigenvalue weighted by Gasteiger charge is -2.21. The molecule has 4 heteroatoms. The molecule has 0 aliphatic carbocycles.